The zero-order valence-corrected chi connectivity index (χ0v) is 8.03. The summed E-state index contributed by atoms with van der Waals surface area (Å²) >= 11 is 0. The predicted molar refractivity (Wildman–Crippen MR) is 50.6 cm³/mol. The molecule has 0 aliphatic heterocycles. The maximum atomic E-state index is 5.54. The Hall–Kier alpha value is -1.38. The lowest BCUT2D eigenvalue weighted by atomic mass is 10.2. The first kappa shape index (κ1) is 8.23. The van der Waals surface area contributed by atoms with Crippen molar-refractivity contribution < 1.29 is 4.42 Å². The SMILES string of the molecule is Cc1cnc2nc(C(C)C)oc2c1. The third-order valence-electron chi connectivity index (χ3n) is 1.89. The van der Waals surface area contributed by atoms with Crippen LogP contribution >= 0.6 is 0 Å². The second-order valence-corrected chi connectivity index (χ2v) is 3.54. The van der Waals surface area contributed by atoms with Crippen molar-refractivity contribution in [3.8, 4) is 0 Å². The first-order chi connectivity index (χ1) is 6.16. The van der Waals surface area contributed by atoms with E-state index in [4.69, 9.17) is 4.42 Å². The van der Waals surface area contributed by atoms with Crippen LogP contribution in [0.15, 0.2) is 16.7 Å². The van der Waals surface area contributed by atoms with Crippen molar-refractivity contribution in [1.82, 2.24) is 9.97 Å². The van der Waals surface area contributed by atoms with Gasteiger partial charge in [-0.3, -0.25) is 0 Å². The smallest absolute Gasteiger partial charge is 0.199 e. The molecule has 0 aromatic carbocycles. The molecule has 2 aromatic heterocycles. The highest BCUT2D eigenvalue weighted by Crippen LogP contribution is 2.19. The van der Waals surface area contributed by atoms with Crippen LogP contribution in [0.4, 0.5) is 0 Å². The van der Waals surface area contributed by atoms with E-state index >= 15 is 0 Å². The van der Waals surface area contributed by atoms with E-state index in [2.05, 4.69) is 23.8 Å². The zero-order chi connectivity index (χ0) is 9.42. The van der Waals surface area contributed by atoms with Crippen molar-refractivity contribution in [3.05, 3.63) is 23.7 Å². The van der Waals surface area contributed by atoms with Crippen LogP contribution in [-0.2, 0) is 0 Å². The van der Waals surface area contributed by atoms with Crippen molar-refractivity contribution in [1.29, 1.82) is 0 Å². The molecule has 3 nitrogen and oxygen atoms in total. The molecule has 0 saturated heterocycles. The van der Waals surface area contributed by atoms with Crippen LogP contribution in [0.1, 0.15) is 31.2 Å². The number of nitrogens with zero attached hydrogens (tertiary/aromatic N) is 2. The minimum Gasteiger partial charge on any atom is -0.439 e. The fraction of sp³-hybridized carbons (Fsp3) is 0.400. The summed E-state index contributed by atoms with van der Waals surface area (Å²) in [5, 5.41) is 0. The Morgan fingerprint density at radius 1 is 1.38 bits per heavy atom. The van der Waals surface area contributed by atoms with Gasteiger partial charge in [0.05, 0.1) is 0 Å². The van der Waals surface area contributed by atoms with E-state index in [0.717, 1.165) is 17.0 Å². The molecule has 0 spiro atoms. The maximum absolute atomic E-state index is 5.54. The summed E-state index contributed by atoms with van der Waals surface area (Å²) in [6.45, 7) is 6.10. The second-order valence-electron chi connectivity index (χ2n) is 3.54. The largest absolute Gasteiger partial charge is 0.439 e. The molecule has 0 radical (unpaired) electrons. The van der Waals surface area contributed by atoms with Crippen LogP contribution in [0.3, 0.4) is 0 Å². The molecule has 0 unspecified atom stereocenters. The number of rotatable bonds is 1. The number of aryl methyl sites for hydroxylation is 1. The Kier molecular flexibility index (Phi) is 1.79. The van der Waals surface area contributed by atoms with E-state index in [1.165, 1.54) is 0 Å². The molecule has 2 aromatic rings. The molecular formula is C10H12N2O. The molecule has 0 saturated carbocycles. The Morgan fingerprint density at radius 3 is 2.85 bits per heavy atom. The third-order valence-corrected chi connectivity index (χ3v) is 1.89. The van der Waals surface area contributed by atoms with Crippen LogP contribution in [0.5, 0.6) is 0 Å². The van der Waals surface area contributed by atoms with Gasteiger partial charge in [-0.1, -0.05) is 13.8 Å². The lowest BCUT2D eigenvalue weighted by Gasteiger charge is -1.93. The van der Waals surface area contributed by atoms with Crippen LogP contribution in [0, 0.1) is 6.92 Å². The van der Waals surface area contributed by atoms with Crippen LogP contribution in [-0.4, -0.2) is 9.97 Å². The number of hydrogen-bond donors (Lipinski definition) is 0. The molecule has 0 amide bonds. The molecule has 0 fully saturated rings. The van der Waals surface area contributed by atoms with Gasteiger partial charge in [-0.15, -0.1) is 0 Å². The molecule has 0 bridgehead atoms. The molecular weight excluding hydrogens is 164 g/mol. The number of aromatic nitrogens is 2. The summed E-state index contributed by atoms with van der Waals surface area (Å²) in [5.74, 6) is 1.07. The lowest BCUT2D eigenvalue weighted by Crippen LogP contribution is -1.85. The summed E-state index contributed by atoms with van der Waals surface area (Å²) in [6, 6.07) is 1.96. The van der Waals surface area contributed by atoms with Gasteiger partial charge in [-0.25, -0.2) is 4.98 Å². The van der Waals surface area contributed by atoms with Crippen molar-refractivity contribution in [2.45, 2.75) is 26.7 Å². The Balaban J connectivity index is 2.62. The van der Waals surface area contributed by atoms with Gasteiger partial charge < -0.3 is 4.42 Å². The monoisotopic (exact) mass is 176 g/mol. The van der Waals surface area contributed by atoms with Gasteiger partial charge in [-0.2, -0.15) is 4.98 Å². The Morgan fingerprint density at radius 2 is 2.15 bits per heavy atom. The normalized spacial score (nSPS) is 11.4. The first-order valence-electron chi connectivity index (χ1n) is 4.40. The molecule has 0 N–H and O–H groups in total. The fourth-order valence-corrected chi connectivity index (χ4v) is 1.18. The minimum absolute atomic E-state index is 0.314. The summed E-state index contributed by atoms with van der Waals surface area (Å²) in [7, 11) is 0. The van der Waals surface area contributed by atoms with Crippen molar-refractivity contribution in [2.24, 2.45) is 0 Å². The lowest BCUT2D eigenvalue weighted by molar-refractivity contribution is 0.501. The number of pyridine rings is 1. The number of hydrogen-bond acceptors (Lipinski definition) is 3. The van der Waals surface area contributed by atoms with Crippen LogP contribution in [0.25, 0.3) is 11.2 Å². The number of fused-ring (bicyclic) bond motifs is 1. The average Bonchev–Trinajstić information content (AvgIpc) is 2.46. The summed E-state index contributed by atoms with van der Waals surface area (Å²) in [6.07, 6.45) is 1.80. The Bertz CT molecular complexity index is 431. The third kappa shape index (κ3) is 1.41. The summed E-state index contributed by atoms with van der Waals surface area (Å²) in [4.78, 5) is 8.45. The van der Waals surface area contributed by atoms with Gasteiger partial charge in [0, 0.05) is 12.1 Å². The maximum Gasteiger partial charge on any atom is 0.199 e. The van der Waals surface area contributed by atoms with Gasteiger partial charge in [0.1, 0.15) is 0 Å². The van der Waals surface area contributed by atoms with Gasteiger partial charge in [-0.05, 0) is 18.6 Å². The fourth-order valence-electron chi connectivity index (χ4n) is 1.18. The van der Waals surface area contributed by atoms with Gasteiger partial charge in [0.2, 0.25) is 0 Å². The molecule has 0 aliphatic carbocycles. The van der Waals surface area contributed by atoms with E-state index in [-0.39, 0.29) is 0 Å². The van der Waals surface area contributed by atoms with E-state index in [0.29, 0.717) is 11.6 Å². The molecule has 3 heteroatoms. The standard InChI is InChI=1S/C10H12N2O/c1-6(2)10-12-9-8(13-10)4-7(3)5-11-9/h4-6H,1-3H3. The zero-order valence-electron chi connectivity index (χ0n) is 8.03. The average molecular weight is 176 g/mol. The van der Waals surface area contributed by atoms with Crippen molar-refractivity contribution in [2.75, 3.05) is 0 Å². The van der Waals surface area contributed by atoms with Crippen LogP contribution in [0.2, 0.25) is 0 Å². The molecule has 2 heterocycles. The molecule has 13 heavy (non-hydrogen) atoms. The molecule has 2 rings (SSSR count). The quantitative estimate of drug-likeness (QED) is 0.670. The highest BCUT2D eigenvalue weighted by molar-refractivity contribution is 5.68. The topological polar surface area (TPSA) is 38.9 Å². The van der Waals surface area contributed by atoms with Gasteiger partial charge in [0.15, 0.2) is 17.1 Å². The molecule has 68 valence electrons. The molecule has 0 atom stereocenters. The second kappa shape index (κ2) is 2.83. The van der Waals surface area contributed by atoms with Crippen molar-refractivity contribution >= 4 is 11.2 Å². The highest BCUT2D eigenvalue weighted by atomic mass is 16.3. The van der Waals surface area contributed by atoms with Crippen LogP contribution < -0.4 is 0 Å². The summed E-state index contributed by atoms with van der Waals surface area (Å²) in [5.41, 5.74) is 2.58. The highest BCUT2D eigenvalue weighted by Gasteiger charge is 2.09. The predicted octanol–water partition coefficient (Wildman–Crippen LogP) is 2.65. The molecule has 0 aliphatic rings. The van der Waals surface area contributed by atoms with E-state index < -0.39 is 0 Å². The van der Waals surface area contributed by atoms with E-state index in [9.17, 15) is 0 Å². The Labute approximate surface area is 76.8 Å². The van der Waals surface area contributed by atoms with Gasteiger partial charge >= 0.3 is 0 Å². The summed E-state index contributed by atoms with van der Waals surface area (Å²) < 4.78 is 5.54. The van der Waals surface area contributed by atoms with Crippen molar-refractivity contribution in [3.63, 3.8) is 0 Å². The minimum atomic E-state index is 0.314. The van der Waals surface area contributed by atoms with E-state index in [1.807, 2.05) is 13.0 Å². The van der Waals surface area contributed by atoms with Gasteiger partial charge in [0.25, 0.3) is 0 Å². The first-order valence-corrected chi connectivity index (χ1v) is 4.40. The number of oxazole rings is 1. The van der Waals surface area contributed by atoms with E-state index in [1.54, 1.807) is 6.20 Å².